The van der Waals surface area contributed by atoms with Crippen LogP contribution in [0.3, 0.4) is 0 Å². The van der Waals surface area contributed by atoms with Crippen molar-refractivity contribution in [3.63, 3.8) is 0 Å². The van der Waals surface area contributed by atoms with Crippen molar-refractivity contribution < 1.29 is 14.6 Å². The molecule has 0 heterocycles. The normalized spacial score (nSPS) is 14.6. The number of ether oxygens (including phenoxy) is 1. The fourth-order valence-electron chi connectivity index (χ4n) is 2.08. The van der Waals surface area contributed by atoms with Gasteiger partial charge in [-0.25, -0.2) is 0 Å². The second-order valence-electron chi connectivity index (χ2n) is 6.69. The van der Waals surface area contributed by atoms with Gasteiger partial charge in [-0.3, -0.25) is 10.1 Å². The molecule has 4 heteroatoms. The molecule has 4 nitrogen and oxygen atoms in total. The number of aryl methyl sites for hydroxylation is 1. The van der Waals surface area contributed by atoms with Crippen molar-refractivity contribution >= 4 is 5.97 Å². The van der Waals surface area contributed by atoms with Gasteiger partial charge >= 0.3 is 5.97 Å². The second-order valence-corrected chi connectivity index (χ2v) is 6.69. The third-order valence-corrected chi connectivity index (χ3v) is 3.60. The van der Waals surface area contributed by atoms with E-state index in [1.54, 1.807) is 6.92 Å². The highest BCUT2D eigenvalue weighted by Gasteiger charge is 2.33. The van der Waals surface area contributed by atoms with Crippen LogP contribution in [0.15, 0.2) is 18.2 Å². The number of likely N-dealkylation sites (N-methyl/N-ethyl adjacent to an activating group) is 1. The summed E-state index contributed by atoms with van der Waals surface area (Å²) in [5.41, 5.74) is 1.26. The SMILES string of the molecule is CCNC(C)(COc1ccc(C(C)(C)C)cc1C)C(=O)O. The summed E-state index contributed by atoms with van der Waals surface area (Å²) in [6.07, 6.45) is 0. The Morgan fingerprint density at radius 3 is 2.33 bits per heavy atom. The molecule has 0 spiro atoms. The molecule has 0 amide bonds. The third-order valence-electron chi connectivity index (χ3n) is 3.60. The topological polar surface area (TPSA) is 58.6 Å². The monoisotopic (exact) mass is 293 g/mol. The van der Waals surface area contributed by atoms with Crippen LogP contribution in [0.4, 0.5) is 0 Å². The first-order valence-corrected chi connectivity index (χ1v) is 7.32. The van der Waals surface area contributed by atoms with Gasteiger partial charge in [-0.1, -0.05) is 39.8 Å². The Balaban J connectivity index is 2.87. The highest BCUT2D eigenvalue weighted by Crippen LogP contribution is 2.27. The van der Waals surface area contributed by atoms with Crippen molar-refractivity contribution in [3.05, 3.63) is 29.3 Å². The van der Waals surface area contributed by atoms with Gasteiger partial charge in [0.05, 0.1) is 0 Å². The van der Waals surface area contributed by atoms with Gasteiger partial charge in [0.25, 0.3) is 0 Å². The number of rotatable bonds is 6. The maximum atomic E-state index is 11.4. The number of aliphatic carboxylic acids is 1. The number of hydrogen-bond acceptors (Lipinski definition) is 3. The summed E-state index contributed by atoms with van der Waals surface area (Å²) in [7, 11) is 0. The third kappa shape index (κ3) is 4.46. The summed E-state index contributed by atoms with van der Waals surface area (Å²) in [5, 5.41) is 12.3. The van der Waals surface area contributed by atoms with Crippen molar-refractivity contribution in [2.45, 2.75) is 52.5 Å². The molecule has 0 saturated carbocycles. The number of nitrogens with one attached hydrogen (secondary N) is 1. The van der Waals surface area contributed by atoms with Crippen molar-refractivity contribution in [1.82, 2.24) is 5.32 Å². The van der Waals surface area contributed by atoms with E-state index in [2.05, 4.69) is 32.2 Å². The van der Waals surface area contributed by atoms with E-state index in [9.17, 15) is 9.90 Å². The van der Waals surface area contributed by atoms with E-state index in [-0.39, 0.29) is 12.0 Å². The van der Waals surface area contributed by atoms with Gasteiger partial charge in [0.15, 0.2) is 0 Å². The highest BCUT2D eigenvalue weighted by atomic mass is 16.5. The minimum Gasteiger partial charge on any atom is -0.491 e. The van der Waals surface area contributed by atoms with E-state index in [0.29, 0.717) is 6.54 Å². The Labute approximate surface area is 127 Å². The van der Waals surface area contributed by atoms with Crippen LogP contribution in [0, 0.1) is 6.92 Å². The number of carbonyl (C=O) groups is 1. The molecule has 1 rings (SSSR count). The summed E-state index contributed by atoms with van der Waals surface area (Å²) in [4.78, 5) is 11.4. The van der Waals surface area contributed by atoms with Gasteiger partial charge in [-0.15, -0.1) is 0 Å². The molecule has 0 aliphatic carbocycles. The van der Waals surface area contributed by atoms with Crippen molar-refractivity contribution in [3.8, 4) is 5.75 Å². The minimum absolute atomic E-state index is 0.0859. The Hall–Kier alpha value is -1.55. The smallest absolute Gasteiger partial charge is 0.327 e. The van der Waals surface area contributed by atoms with Crippen LogP contribution in [-0.4, -0.2) is 29.8 Å². The molecule has 1 atom stereocenters. The van der Waals surface area contributed by atoms with Crippen LogP contribution in [0.25, 0.3) is 0 Å². The zero-order valence-electron chi connectivity index (χ0n) is 13.9. The lowest BCUT2D eigenvalue weighted by Crippen LogP contribution is -2.53. The van der Waals surface area contributed by atoms with E-state index in [1.807, 2.05) is 26.0 Å². The highest BCUT2D eigenvalue weighted by molar-refractivity contribution is 5.78. The van der Waals surface area contributed by atoms with Gasteiger partial charge in [0.1, 0.15) is 17.9 Å². The summed E-state index contributed by atoms with van der Waals surface area (Å²) in [6.45, 7) is 12.6. The molecule has 0 radical (unpaired) electrons. The number of carboxylic acid groups (broad SMARTS) is 1. The van der Waals surface area contributed by atoms with Gasteiger partial charge in [-0.2, -0.15) is 0 Å². The quantitative estimate of drug-likeness (QED) is 0.846. The Morgan fingerprint density at radius 1 is 1.29 bits per heavy atom. The number of benzene rings is 1. The summed E-state index contributed by atoms with van der Waals surface area (Å²) in [5.74, 6) is -0.179. The molecular formula is C17H27NO3. The largest absolute Gasteiger partial charge is 0.491 e. The number of hydrogen-bond donors (Lipinski definition) is 2. The average molecular weight is 293 g/mol. The van der Waals surface area contributed by atoms with Crippen molar-refractivity contribution in [2.24, 2.45) is 0 Å². The molecule has 0 bridgehead atoms. The molecule has 0 fully saturated rings. The molecular weight excluding hydrogens is 266 g/mol. The first kappa shape index (κ1) is 17.5. The lowest BCUT2D eigenvalue weighted by Gasteiger charge is -2.26. The van der Waals surface area contributed by atoms with Gasteiger partial charge in [0.2, 0.25) is 0 Å². The molecule has 1 unspecified atom stereocenters. The standard InChI is InChI=1S/C17H27NO3/c1-7-18-17(6,15(19)20)11-21-14-9-8-13(10-12(14)2)16(3,4)5/h8-10,18H,7,11H2,1-6H3,(H,19,20). The molecule has 0 aromatic heterocycles. The van der Waals surface area contributed by atoms with E-state index >= 15 is 0 Å². The Kier molecular flexibility index (Phi) is 5.40. The zero-order valence-corrected chi connectivity index (χ0v) is 13.9. The van der Waals surface area contributed by atoms with Crippen molar-refractivity contribution in [1.29, 1.82) is 0 Å². The molecule has 0 aliphatic heterocycles. The van der Waals surface area contributed by atoms with Crippen LogP contribution in [0.5, 0.6) is 5.75 Å². The lowest BCUT2D eigenvalue weighted by molar-refractivity contribution is -0.145. The molecule has 21 heavy (non-hydrogen) atoms. The van der Waals surface area contributed by atoms with E-state index in [1.165, 1.54) is 5.56 Å². The fraction of sp³-hybridized carbons (Fsp3) is 0.588. The summed E-state index contributed by atoms with van der Waals surface area (Å²) in [6, 6.07) is 6.05. The molecule has 118 valence electrons. The Bertz CT molecular complexity index is 505. The summed E-state index contributed by atoms with van der Waals surface area (Å²) >= 11 is 0. The predicted octanol–water partition coefficient (Wildman–Crippen LogP) is 3.12. The lowest BCUT2D eigenvalue weighted by atomic mass is 9.86. The number of carboxylic acids is 1. The van der Waals surface area contributed by atoms with E-state index in [0.717, 1.165) is 11.3 Å². The van der Waals surface area contributed by atoms with Crippen LogP contribution in [0.1, 0.15) is 45.7 Å². The van der Waals surface area contributed by atoms with Crippen LogP contribution < -0.4 is 10.1 Å². The van der Waals surface area contributed by atoms with Gasteiger partial charge in [0, 0.05) is 0 Å². The first-order valence-electron chi connectivity index (χ1n) is 7.32. The van der Waals surface area contributed by atoms with Crippen LogP contribution in [-0.2, 0) is 10.2 Å². The predicted molar refractivity (Wildman–Crippen MR) is 85.1 cm³/mol. The fourth-order valence-corrected chi connectivity index (χ4v) is 2.08. The van der Waals surface area contributed by atoms with Gasteiger partial charge in [-0.05, 0) is 43.0 Å². The molecule has 0 saturated heterocycles. The molecule has 0 aliphatic rings. The molecule has 1 aromatic carbocycles. The van der Waals surface area contributed by atoms with E-state index in [4.69, 9.17) is 4.74 Å². The maximum Gasteiger partial charge on any atom is 0.327 e. The van der Waals surface area contributed by atoms with Crippen LogP contribution in [0.2, 0.25) is 0 Å². The first-order chi connectivity index (χ1) is 9.60. The zero-order chi connectivity index (χ0) is 16.3. The van der Waals surface area contributed by atoms with Crippen LogP contribution >= 0.6 is 0 Å². The summed E-state index contributed by atoms with van der Waals surface area (Å²) < 4.78 is 5.74. The molecule has 1 aromatic rings. The Morgan fingerprint density at radius 2 is 1.90 bits per heavy atom. The average Bonchev–Trinajstić information content (AvgIpc) is 2.36. The maximum absolute atomic E-state index is 11.4. The van der Waals surface area contributed by atoms with Gasteiger partial charge < -0.3 is 9.84 Å². The molecule has 2 N–H and O–H groups in total. The van der Waals surface area contributed by atoms with E-state index < -0.39 is 11.5 Å². The second kappa shape index (κ2) is 6.48. The van der Waals surface area contributed by atoms with Crippen molar-refractivity contribution in [2.75, 3.05) is 13.2 Å². The minimum atomic E-state index is -1.08.